The number of rotatable bonds is 11. The standard InChI is InChI=1S/C33H46N2O4/c1-33(2,34(3)4)21-23-7-9-24(10-8-23)22-35(15-16-36)30-20-32(39-6)31(38-5)19-29(30)27-12-11-26-18-28(37)14-13-25(26)17-27/h7-10,13-14,18-20,27,29-30,36-37H,11-12,15-17,21-22H2,1-6H3/t27-,29?,30?/m1/s1. The van der Waals surface area contributed by atoms with Gasteiger partial charge in [-0.05, 0) is 106 Å². The highest BCUT2D eigenvalue weighted by Crippen LogP contribution is 2.39. The summed E-state index contributed by atoms with van der Waals surface area (Å²) in [5.41, 5.74) is 5.19. The number of fused-ring (bicyclic) bond motifs is 1. The van der Waals surface area contributed by atoms with Gasteiger partial charge in [-0.25, -0.2) is 0 Å². The van der Waals surface area contributed by atoms with E-state index in [-0.39, 0.29) is 24.1 Å². The molecule has 2 aromatic rings. The summed E-state index contributed by atoms with van der Waals surface area (Å²) in [6, 6.07) is 14.8. The average Bonchev–Trinajstić information content (AvgIpc) is 2.92. The first kappa shape index (κ1) is 29.2. The Hall–Kier alpha value is -2.80. The third-order valence-corrected chi connectivity index (χ3v) is 8.81. The van der Waals surface area contributed by atoms with Crippen molar-refractivity contribution in [1.82, 2.24) is 9.80 Å². The van der Waals surface area contributed by atoms with Gasteiger partial charge in [0.2, 0.25) is 0 Å². The van der Waals surface area contributed by atoms with Gasteiger partial charge >= 0.3 is 0 Å². The van der Waals surface area contributed by atoms with E-state index in [0.29, 0.717) is 18.2 Å². The van der Waals surface area contributed by atoms with Crippen molar-refractivity contribution < 1.29 is 19.7 Å². The number of phenols is 1. The summed E-state index contributed by atoms with van der Waals surface area (Å²) in [7, 11) is 7.63. The maximum atomic E-state index is 10.1. The SMILES string of the molecule is COC1=CC([C@@H]2CCc3cc(O)ccc3C2)C(N(CCO)Cc2ccc(CC(C)(C)N(C)C)cc2)C=C1OC. The minimum atomic E-state index is 0.0574. The maximum absolute atomic E-state index is 10.1. The van der Waals surface area contributed by atoms with Gasteiger partial charge in [-0.1, -0.05) is 30.3 Å². The minimum absolute atomic E-state index is 0.0574. The molecule has 2 aromatic carbocycles. The van der Waals surface area contributed by atoms with Crippen LogP contribution in [0.15, 0.2) is 66.1 Å². The summed E-state index contributed by atoms with van der Waals surface area (Å²) >= 11 is 0. The van der Waals surface area contributed by atoms with Gasteiger partial charge in [0.1, 0.15) is 5.75 Å². The Kier molecular flexibility index (Phi) is 9.42. The van der Waals surface area contributed by atoms with Crippen LogP contribution in [-0.4, -0.2) is 73.1 Å². The number of aromatic hydroxyl groups is 1. The van der Waals surface area contributed by atoms with E-state index in [1.807, 2.05) is 6.07 Å². The molecule has 212 valence electrons. The first-order chi connectivity index (χ1) is 18.6. The number of aryl methyl sites for hydroxylation is 1. The predicted molar refractivity (Wildman–Crippen MR) is 156 cm³/mol. The molecule has 0 bridgehead atoms. The fraction of sp³-hybridized carbons (Fsp3) is 0.515. The zero-order valence-electron chi connectivity index (χ0n) is 24.5. The number of methoxy groups -OCH3 is 2. The van der Waals surface area contributed by atoms with Crippen LogP contribution in [0.5, 0.6) is 5.75 Å². The summed E-state index contributed by atoms with van der Waals surface area (Å²) in [6.07, 6.45) is 8.32. The lowest BCUT2D eigenvalue weighted by Gasteiger charge is -2.41. The smallest absolute Gasteiger partial charge is 0.158 e. The van der Waals surface area contributed by atoms with E-state index in [2.05, 4.69) is 80.2 Å². The Morgan fingerprint density at radius 1 is 0.923 bits per heavy atom. The molecule has 4 rings (SSSR count). The molecule has 0 heterocycles. The molecule has 0 saturated carbocycles. The molecule has 0 aromatic heterocycles. The second-order valence-electron chi connectivity index (χ2n) is 11.9. The summed E-state index contributed by atoms with van der Waals surface area (Å²) in [6.45, 7) is 5.92. The number of aliphatic hydroxyl groups excluding tert-OH is 1. The molecule has 6 nitrogen and oxygen atoms in total. The van der Waals surface area contributed by atoms with Crippen molar-refractivity contribution in [3.8, 4) is 5.75 Å². The van der Waals surface area contributed by atoms with Crippen molar-refractivity contribution in [2.75, 3.05) is 41.5 Å². The molecular formula is C33H46N2O4. The Balaban J connectivity index is 1.59. The third-order valence-electron chi connectivity index (χ3n) is 8.81. The number of aliphatic hydroxyl groups is 1. The van der Waals surface area contributed by atoms with Gasteiger partial charge in [0, 0.05) is 30.6 Å². The molecule has 2 aliphatic carbocycles. The molecule has 6 heteroatoms. The predicted octanol–water partition coefficient (Wildman–Crippen LogP) is 4.93. The Labute approximate surface area is 234 Å². The minimum Gasteiger partial charge on any atom is -0.508 e. The highest BCUT2D eigenvalue weighted by Gasteiger charge is 2.37. The van der Waals surface area contributed by atoms with E-state index < -0.39 is 0 Å². The number of phenolic OH excluding ortho intramolecular Hbond substituents is 1. The zero-order chi connectivity index (χ0) is 28.2. The molecule has 0 radical (unpaired) electrons. The van der Waals surface area contributed by atoms with Crippen molar-refractivity contribution >= 4 is 0 Å². The highest BCUT2D eigenvalue weighted by molar-refractivity contribution is 5.38. The number of benzene rings is 2. The number of hydrogen-bond donors (Lipinski definition) is 2. The van der Waals surface area contributed by atoms with Crippen LogP contribution >= 0.6 is 0 Å². The summed E-state index contributed by atoms with van der Waals surface area (Å²) in [5, 5.41) is 20.0. The van der Waals surface area contributed by atoms with E-state index in [1.165, 1.54) is 22.3 Å². The van der Waals surface area contributed by atoms with Crippen LogP contribution in [0, 0.1) is 11.8 Å². The molecule has 0 aliphatic heterocycles. The van der Waals surface area contributed by atoms with Crippen LogP contribution in [0.25, 0.3) is 0 Å². The first-order valence-electron chi connectivity index (χ1n) is 14.1. The normalized spacial score (nSPS) is 21.4. The van der Waals surface area contributed by atoms with Crippen molar-refractivity contribution in [2.24, 2.45) is 11.8 Å². The van der Waals surface area contributed by atoms with Crippen molar-refractivity contribution in [3.63, 3.8) is 0 Å². The van der Waals surface area contributed by atoms with Crippen LogP contribution in [0.4, 0.5) is 0 Å². The third kappa shape index (κ3) is 6.86. The second-order valence-corrected chi connectivity index (χ2v) is 11.9. The molecule has 2 N–H and O–H groups in total. The van der Waals surface area contributed by atoms with Gasteiger partial charge in [-0.15, -0.1) is 0 Å². The van der Waals surface area contributed by atoms with Crippen molar-refractivity contribution in [1.29, 1.82) is 0 Å². The van der Waals surface area contributed by atoms with Gasteiger partial charge in [-0.3, -0.25) is 4.90 Å². The maximum Gasteiger partial charge on any atom is 0.158 e. The average molecular weight is 535 g/mol. The molecule has 2 aliphatic rings. The zero-order valence-corrected chi connectivity index (χ0v) is 24.5. The Morgan fingerprint density at radius 3 is 2.23 bits per heavy atom. The van der Waals surface area contributed by atoms with Gasteiger partial charge in [0.15, 0.2) is 11.5 Å². The first-order valence-corrected chi connectivity index (χ1v) is 14.1. The molecule has 0 spiro atoms. The lowest BCUT2D eigenvalue weighted by Crippen LogP contribution is -2.45. The fourth-order valence-electron chi connectivity index (χ4n) is 6.02. The number of hydrogen-bond acceptors (Lipinski definition) is 6. The quantitative estimate of drug-likeness (QED) is 0.426. The summed E-state index contributed by atoms with van der Waals surface area (Å²) < 4.78 is 11.5. The molecular weight excluding hydrogens is 488 g/mol. The van der Waals surface area contributed by atoms with Gasteiger partial charge in [0.25, 0.3) is 0 Å². The highest BCUT2D eigenvalue weighted by atomic mass is 16.5. The van der Waals surface area contributed by atoms with Crippen LogP contribution in [0.1, 0.15) is 42.5 Å². The second kappa shape index (κ2) is 12.6. The number of likely N-dealkylation sites (N-methyl/N-ethyl adjacent to an activating group) is 1. The number of ether oxygens (including phenoxy) is 2. The van der Waals surface area contributed by atoms with Crippen LogP contribution in [0.2, 0.25) is 0 Å². The lowest BCUT2D eigenvalue weighted by molar-refractivity contribution is 0.106. The van der Waals surface area contributed by atoms with Crippen molar-refractivity contribution in [2.45, 2.75) is 57.7 Å². The van der Waals surface area contributed by atoms with Crippen LogP contribution < -0.4 is 0 Å². The van der Waals surface area contributed by atoms with E-state index in [9.17, 15) is 10.2 Å². The molecule has 0 fully saturated rings. The van der Waals surface area contributed by atoms with Gasteiger partial charge in [0.05, 0.1) is 20.8 Å². The van der Waals surface area contributed by atoms with E-state index >= 15 is 0 Å². The summed E-state index contributed by atoms with van der Waals surface area (Å²) in [4.78, 5) is 4.64. The van der Waals surface area contributed by atoms with Gasteiger partial charge in [-0.2, -0.15) is 0 Å². The summed E-state index contributed by atoms with van der Waals surface area (Å²) in [5.74, 6) is 2.45. The van der Waals surface area contributed by atoms with E-state index in [0.717, 1.165) is 43.7 Å². The van der Waals surface area contributed by atoms with Crippen molar-refractivity contribution in [3.05, 3.63) is 88.4 Å². The van der Waals surface area contributed by atoms with Crippen LogP contribution in [-0.2, 0) is 35.3 Å². The molecule has 39 heavy (non-hydrogen) atoms. The monoisotopic (exact) mass is 534 g/mol. The molecule has 0 saturated heterocycles. The lowest BCUT2D eigenvalue weighted by atomic mass is 9.72. The molecule has 3 atom stereocenters. The largest absolute Gasteiger partial charge is 0.508 e. The van der Waals surface area contributed by atoms with Gasteiger partial charge < -0.3 is 24.6 Å². The Bertz CT molecular complexity index is 1170. The fourth-order valence-corrected chi connectivity index (χ4v) is 6.02. The van der Waals surface area contributed by atoms with Crippen LogP contribution in [0.3, 0.4) is 0 Å². The molecule has 0 amide bonds. The van der Waals surface area contributed by atoms with E-state index in [4.69, 9.17) is 9.47 Å². The molecule has 2 unspecified atom stereocenters. The Morgan fingerprint density at radius 2 is 1.59 bits per heavy atom. The van der Waals surface area contributed by atoms with E-state index in [1.54, 1.807) is 20.3 Å². The topological polar surface area (TPSA) is 65.4 Å². The number of nitrogens with zero attached hydrogens (tertiary/aromatic N) is 2.